The molecule has 1 rings (SSSR count). The lowest BCUT2D eigenvalue weighted by molar-refractivity contribution is -0.114. The summed E-state index contributed by atoms with van der Waals surface area (Å²) in [5.74, 6) is -0.132. The van der Waals surface area contributed by atoms with Gasteiger partial charge in [-0.1, -0.05) is 27.5 Å². The first kappa shape index (κ1) is 10.1. The molecule has 1 aliphatic rings. The number of Topliss-reactive ketones (excluding diaryl/α,β-unsaturated/α-hetero) is 1. The predicted molar refractivity (Wildman–Crippen MR) is 52.8 cm³/mol. The summed E-state index contributed by atoms with van der Waals surface area (Å²) >= 11 is 11.8. The first-order valence-corrected chi connectivity index (χ1v) is 5.11. The Hall–Kier alpha value is 0.0400. The lowest BCUT2D eigenvalue weighted by Gasteiger charge is -2.11. The molecule has 0 aromatic heterocycles. The maximum atomic E-state index is 11.2. The highest BCUT2D eigenvalue weighted by molar-refractivity contribution is 9.12. The Balaban J connectivity index is 3.21. The van der Waals surface area contributed by atoms with Crippen LogP contribution >= 0.6 is 43.5 Å². The zero-order chi connectivity index (χ0) is 9.30. The SMILES string of the molecule is [N-]=[N+]=C1CC(Br)C(=O)C(Br)=C1Cl. The van der Waals surface area contributed by atoms with E-state index in [0.29, 0.717) is 12.1 Å². The Kier molecular flexibility index (Phi) is 3.23. The van der Waals surface area contributed by atoms with Crippen molar-refractivity contribution in [1.29, 1.82) is 0 Å². The average molecular weight is 314 g/mol. The van der Waals surface area contributed by atoms with Crippen molar-refractivity contribution in [2.75, 3.05) is 0 Å². The molecule has 0 aromatic carbocycles. The van der Waals surface area contributed by atoms with Crippen LogP contribution in [0.2, 0.25) is 0 Å². The number of carbonyl (C=O) groups is 1. The van der Waals surface area contributed by atoms with Gasteiger partial charge in [-0.25, -0.2) is 0 Å². The monoisotopic (exact) mass is 312 g/mol. The summed E-state index contributed by atoms with van der Waals surface area (Å²) in [6, 6.07) is 0. The second-order valence-electron chi connectivity index (χ2n) is 2.21. The van der Waals surface area contributed by atoms with Gasteiger partial charge in [0.15, 0.2) is 5.78 Å². The number of hydrogen-bond donors (Lipinski definition) is 0. The number of nitrogens with zero attached hydrogens (tertiary/aromatic N) is 2. The van der Waals surface area contributed by atoms with Crippen molar-refractivity contribution in [3.05, 3.63) is 15.0 Å². The summed E-state index contributed by atoms with van der Waals surface area (Å²) < 4.78 is 0.255. The van der Waals surface area contributed by atoms with Gasteiger partial charge in [0.2, 0.25) is 0 Å². The van der Waals surface area contributed by atoms with Gasteiger partial charge in [0.25, 0.3) is 0 Å². The molecule has 0 radical (unpaired) electrons. The van der Waals surface area contributed by atoms with Crippen molar-refractivity contribution in [1.82, 2.24) is 0 Å². The summed E-state index contributed by atoms with van der Waals surface area (Å²) in [5, 5.41) is 0.179. The van der Waals surface area contributed by atoms with Gasteiger partial charge in [0, 0.05) is 0 Å². The summed E-state index contributed by atoms with van der Waals surface area (Å²) in [5.41, 5.74) is 8.81. The van der Waals surface area contributed by atoms with E-state index >= 15 is 0 Å². The molecule has 0 aliphatic heterocycles. The molecule has 0 bridgehead atoms. The molecule has 0 aromatic rings. The molecule has 12 heavy (non-hydrogen) atoms. The molecular formula is C6H3Br2ClN2O. The molecule has 0 N–H and O–H groups in total. The molecule has 0 saturated heterocycles. The van der Waals surface area contributed by atoms with Crippen molar-refractivity contribution in [3.8, 4) is 0 Å². The smallest absolute Gasteiger partial charge is 0.313 e. The summed E-state index contributed by atoms with van der Waals surface area (Å²) in [7, 11) is 0. The summed E-state index contributed by atoms with van der Waals surface area (Å²) in [4.78, 5) is 13.8. The van der Waals surface area contributed by atoms with Gasteiger partial charge in [-0.15, -0.1) is 0 Å². The highest BCUT2D eigenvalue weighted by Crippen LogP contribution is 2.29. The lowest BCUT2D eigenvalue weighted by Crippen LogP contribution is -2.25. The van der Waals surface area contributed by atoms with E-state index in [9.17, 15) is 4.79 Å². The topological polar surface area (TPSA) is 53.5 Å². The molecule has 0 spiro atoms. The molecule has 3 nitrogen and oxygen atoms in total. The van der Waals surface area contributed by atoms with E-state index in [2.05, 4.69) is 36.6 Å². The third-order valence-electron chi connectivity index (χ3n) is 1.44. The largest absolute Gasteiger partial charge is 0.361 e. The number of carbonyl (C=O) groups excluding carboxylic acids is 1. The van der Waals surface area contributed by atoms with E-state index in [-0.39, 0.29) is 20.1 Å². The number of ketones is 1. The number of hydrogen-bond acceptors (Lipinski definition) is 1. The zero-order valence-electron chi connectivity index (χ0n) is 5.72. The number of rotatable bonds is 0. The normalized spacial score (nSPS) is 24.4. The minimum atomic E-state index is -0.361. The van der Waals surface area contributed by atoms with Gasteiger partial charge in [-0.05, 0) is 15.9 Å². The highest BCUT2D eigenvalue weighted by Gasteiger charge is 2.34. The average Bonchev–Trinajstić information content (AvgIpc) is 2.08. The summed E-state index contributed by atoms with van der Waals surface area (Å²) in [6.07, 6.45) is 0.309. The standard InChI is InChI=1S/C6H3Br2ClN2O/c7-2-1-3(11-10)5(9)4(8)6(2)12/h2H,1H2. The fourth-order valence-corrected chi connectivity index (χ4v) is 2.37. The molecule has 0 amide bonds. The van der Waals surface area contributed by atoms with Crippen LogP contribution in [0, 0.1) is 0 Å². The minimum Gasteiger partial charge on any atom is -0.361 e. The fourth-order valence-electron chi connectivity index (χ4n) is 0.809. The molecule has 0 saturated carbocycles. The van der Waals surface area contributed by atoms with Crippen LogP contribution in [0.25, 0.3) is 5.53 Å². The third-order valence-corrected chi connectivity index (χ3v) is 3.60. The first-order chi connectivity index (χ1) is 5.57. The van der Waals surface area contributed by atoms with E-state index in [4.69, 9.17) is 17.1 Å². The lowest BCUT2D eigenvalue weighted by atomic mass is 10.0. The van der Waals surface area contributed by atoms with Crippen molar-refractivity contribution in [3.63, 3.8) is 0 Å². The van der Waals surface area contributed by atoms with Crippen molar-refractivity contribution in [2.45, 2.75) is 11.2 Å². The molecule has 1 unspecified atom stereocenters. The Morgan fingerprint density at radius 3 is 2.75 bits per heavy atom. The Bertz CT molecular complexity index is 320. The third kappa shape index (κ3) is 1.69. The predicted octanol–water partition coefficient (Wildman–Crippen LogP) is 2.24. The number of halogens is 3. The van der Waals surface area contributed by atoms with Crippen LogP contribution < -0.4 is 0 Å². The highest BCUT2D eigenvalue weighted by atomic mass is 79.9. The van der Waals surface area contributed by atoms with E-state index < -0.39 is 0 Å². The maximum absolute atomic E-state index is 11.2. The quantitative estimate of drug-likeness (QED) is 0.384. The van der Waals surface area contributed by atoms with Crippen LogP contribution in [-0.2, 0) is 4.79 Å². The second-order valence-corrected chi connectivity index (χ2v) is 4.49. The maximum Gasteiger partial charge on any atom is 0.313 e. The van der Waals surface area contributed by atoms with Gasteiger partial charge in [-0.2, -0.15) is 4.79 Å². The van der Waals surface area contributed by atoms with E-state index in [1.807, 2.05) is 0 Å². The molecule has 64 valence electrons. The number of allylic oxidation sites excluding steroid dienone is 2. The summed E-state index contributed by atoms with van der Waals surface area (Å²) in [6.45, 7) is 0. The second kappa shape index (κ2) is 3.83. The molecule has 1 atom stereocenters. The Morgan fingerprint density at radius 2 is 2.25 bits per heavy atom. The zero-order valence-corrected chi connectivity index (χ0v) is 9.65. The van der Waals surface area contributed by atoms with E-state index in [0.717, 1.165) is 0 Å². The Labute approximate surface area is 90.7 Å². The van der Waals surface area contributed by atoms with Crippen LogP contribution in [-0.4, -0.2) is 21.1 Å². The molecule has 0 heterocycles. The minimum absolute atomic E-state index is 0.132. The van der Waals surface area contributed by atoms with Crippen LogP contribution in [0.1, 0.15) is 6.42 Å². The molecule has 0 fully saturated rings. The van der Waals surface area contributed by atoms with Gasteiger partial charge in [0.1, 0.15) is 5.03 Å². The van der Waals surface area contributed by atoms with Crippen LogP contribution in [0.5, 0.6) is 0 Å². The molecular weight excluding hydrogens is 311 g/mol. The van der Waals surface area contributed by atoms with Gasteiger partial charge in [0.05, 0.1) is 15.7 Å². The van der Waals surface area contributed by atoms with Crippen molar-refractivity contribution in [2.24, 2.45) is 0 Å². The van der Waals surface area contributed by atoms with Crippen LogP contribution in [0.4, 0.5) is 0 Å². The molecule has 6 heteroatoms. The molecule has 1 aliphatic carbocycles. The Morgan fingerprint density at radius 1 is 1.67 bits per heavy atom. The first-order valence-electron chi connectivity index (χ1n) is 3.02. The van der Waals surface area contributed by atoms with Crippen molar-refractivity contribution >= 4 is 55.0 Å². The van der Waals surface area contributed by atoms with Gasteiger partial charge >= 0.3 is 5.71 Å². The van der Waals surface area contributed by atoms with Crippen LogP contribution in [0.3, 0.4) is 0 Å². The van der Waals surface area contributed by atoms with E-state index in [1.165, 1.54) is 0 Å². The van der Waals surface area contributed by atoms with Gasteiger partial charge < -0.3 is 5.53 Å². The fraction of sp³-hybridized carbons (Fsp3) is 0.333. The van der Waals surface area contributed by atoms with Crippen molar-refractivity contribution < 1.29 is 9.58 Å². The van der Waals surface area contributed by atoms with Crippen LogP contribution in [0.15, 0.2) is 9.51 Å². The van der Waals surface area contributed by atoms with E-state index in [1.54, 1.807) is 0 Å². The number of alkyl halides is 1. The van der Waals surface area contributed by atoms with Gasteiger partial charge in [-0.3, -0.25) is 4.79 Å².